The number of aromatic nitrogens is 1. The second-order valence-electron chi connectivity index (χ2n) is 14.0. The lowest BCUT2D eigenvalue weighted by molar-refractivity contribution is -0.128. The van der Waals surface area contributed by atoms with Crippen molar-refractivity contribution < 1.29 is 44.5 Å². The summed E-state index contributed by atoms with van der Waals surface area (Å²) in [5.74, 6) is -1.38. The maximum Gasteiger partial charge on any atom is 0.200 e. The number of ketones is 1. The van der Waals surface area contributed by atoms with Crippen LogP contribution in [-0.2, 0) is 22.4 Å². The summed E-state index contributed by atoms with van der Waals surface area (Å²) in [6.07, 6.45) is 3.57. The number of rotatable bonds is 11. The fraction of sp³-hybridized carbons (Fsp3) is 0.349. The van der Waals surface area contributed by atoms with E-state index >= 15 is 0 Å². The van der Waals surface area contributed by atoms with Crippen molar-refractivity contribution in [3.05, 3.63) is 101 Å². The van der Waals surface area contributed by atoms with Crippen molar-refractivity contribution in [3.8, 4) is 34.5 Å². The van der Waals surface area contributed by atoms with Crippen molar-refractivity contribution in [2.45, 2.75) is 62.9 Å². The Morgan fingerprint density at radius 2 is 1.69 bits per heavy atom. The summed E-state index contributed by atoms with van der Waals surface area (Å²) in [5, 5.41) is 59.1. The number of aryl methyl sites for hydroxylation is 2. The molecule has 4 unspecified atom stereocenters. The predicted molar refractivity (Wildman–Crippen MR) is 206 cm³/mol. The molecule has 1 aromatic heterocycles. The SMILES string of the molecule is COCCCC1c2ccnc(c2)Nc2ccc3cc(O)ccc3c2CCC(c2cc(O)c(O)c(OC)c2)CC(=O)C1C(O)CCc1ccc(O)c(OC)c1. The molecule has 2 bridgehead atoms. The molecule has 4 atom stereocenters. The van der Waals surface area contributed by atoms with Crippen LogP contribution in [0.2, 0.25) is 0 Å². The Kier molecular flexibility index (Phi) is 12.1. The number of ether oxygens (including phenoxy) is 3. The lowest BCUT2D eigenvalue weighted by Crippen LogP contribution is -2.35. The second kappa shape index (κ2) is 17.1. The number of anilines is 2. The zero-order chi connectivity index (χ0) is 38.4. The molecular weight excluding hydrogens is 688 g/mol. The molecule has 284 valence electrons. The Morgan fingerprint density at radius 3 is 2.46 bits per heavy atom. The molecule has 54 heavy (non-hydrogen) atoms. The van der Waals surface area contributed by atoms with Crippen LogP contribution in [0.1, 0.15) is 66.2 Å². The van der Waals surface area contributed by atoms with Gasteiger partial charge in [0.1, 0.15) is 17.4 Å². The van der Waals surface area contributed by atoms with Crippen molar-refractivity contribution in [2.24, 2.45) is 5.92 Å². The predicted octanol–water partition coefficient (Wildman–Crippen LogP) is 7.63. The molecule has 2 heterocycles. The van der Waals surface area contributed by atoms with Gasteiger partial charge < -0.3 is 45.1 Å². The Morgan fingerprint density at radius 1 is 0.870 bits per heavy atom. The molecule has 4 aromatic carbocycles. The number of Topliss-reactive ketones (excluding diaryl/α,β-unsaturated/α-hetero) is 1. The highest BCUT2D eigenvalue weighted by Gasteiger charge is 2.37. The maximum absolute atomic E-state index is 15.0. The third kappa shape index (κ3) is 8.48. The van der Waals surface area contributed by atoms with Crippen LogP contribution in [0, 0.1) is 5.92 Å². The van der Waals surface area contributed by atoms with Gasteiger partial charge in [-0.05, 0) is 138 Å². The van der Waals surface area contributed by atoms with Gasteiger partial charge in [0.15, 0.2) is 23.0 Å². The number of methoxy groups -OCH3 is 3. The number of pyridine rings is 1. The Labute approximate surface area is 314 Å². The number of aliphatic hydroxyl groups is 1. The van der Waals surface area contributed by atoms with Crippen LogP contribution in [0.4, 0.5) is 11.5 Å². The topological polar surface area (TPSA) is 171 Å². The number of phenolic OH excluding ortho intramolecular Hbond substituents is 4. The van der Waals surface area contributed by atoms with Crippen molar-refractivity contribution in [1.82, 2.24) is 4.98 Å². The zero-order valence-corrected chi connectivity index (χ0v) is 30.8. The highest BCUT2D eigenvalue weighted by Crippen LogP contribution is 2.44. The smallest absolute Gasteiger partial charge is 0.200 e. The standard InChI is InChI=1S/C43H48N2O9/c1-52-18-4-5-32-28-16-17-44-41(24-28)45-34-13-9-27-20-30(46)10-12-31(27)33(34)11-8-26(29-22-38(50)43(51)40(23-29)54-3)21-37(49)42(32)36(48)15-7-25-6-14-35(47)39(19-25)53-2/h6,9-10,12-14,16-17,19-20,22-24,26,32,36,42,46-48,50-51H,4-5,7-8,11,15,18,21H2,1-3H3,(H,44,45). The molecule has 5 aromatic rings. The molecule has 11 nitrogen and oxygen atoms in total. The lowest BCUT2D eigenvalue weighted by Gasteiger charge is -2.32. The zero-order valence-electron chi connectivity index (χ0n) is 30.8. The van der Waals surface area contributed by atoms with E-state index in [0.717, 1.165) is 33.2 Å². The normalized spacial score (nSPS) is 18.1. The molecule has 6 N–H and O–H groups in total. The van der Waals surface area contributed by atoms with Crippen LogP contribution in [0.5, 0.6) is 34.5 Å². The molecule has 0 saturated heterocycles. The van der Waals surface area contributed by atoms with E-state index in [2.05, 4.69) is 10.3 Å². The quantitative estimate of drug-likeness (QED) is 0.0582. The number of phenols is 4. The van der Waals surface area contributed by atoms with Crippen LogP contribution < -0.4 is 14.8 Å². The Hall–Kier alpha value is -5.52. The molecule has 11 heteroatoms. The van der Waals surface area contributed by atoms with E-state index in [9.17, 15) is 30.3 Å². The van der Waals surface area contributed by atoms with Crippen molar-refractivity contribution in [2.75, 3.05) is 33.3 Å². The van der Waals surface area contributed by atoms with Crippen LogP contribution in [0.25, 0.3) is 10.8 Å². The minimum Gasteiger partial charge on any atom is -0.508 e. The minimum atomic E-state index is -1.04. The Bertz CT molecular complexity index is 2100. The molecule has 6 rings (SSSR count). The molecule has 0 amide bonds. The summed E-state index contributed by atoms with van der Waals surface area (Å²) >= 11 is 0. The van der Waals surface area contributed by atoms with E-state index in [1.807, 2.05) is 30.3 Å². The summed E-state index contributed by atoms with van der Waals surface area (Å²) in [6, 6.07) is 21.2. The van der Waals surface area contributed by atoms with Gasteiger partial charge in [-0.25, -0.2) is 4.98 Å². The second-order valence-corrected chi connectivity index (χ2v) is 14.0. The molecule has 0 radical (unpaired) electrons. The van der Waals surface area contributed by atoms with Crippen LogP contribution in [0.15, 0.2) is 79.0 Å². The summed E-state index contributed by atoms with van der Waals surface area (Å²) in [4.78, 5) is 19.6. The number of nitrogens with one attached hydrogen (secondary N) is 1. The van der Waals surface area contributed by atoms with Gasteiger partial charge in [-0.15, -0.1) is 0 Å². The average Bonchev–Trinajstić information content (AvgIpc) is 3.17. The van der Waals surface area contributed by atoms with Gasteiger partial charge >= 0.3 is 0 Å². The molecule has 0 spiro atoms. The fourth-order valence-corrected chi connectivity index (χ4v) is 7.82. The van der Waals surface area contributed by atoms with Gasteiger partial charge in [-0.2, -0.15) is 0 Å². The number of hydrogen-bond acceptors (Lipinski definition) is 11. The number of aliphatic hydroxyl groups excluding tert-OH is 1. The number of fused-ring (bicyclic) bond motifs is 5. The lowest BCUT2D eigenvalue weighted by atomic mass is 9.73. The molecular formula is C43H48N2O9. The first-order valence-corrected chi connectivity index (χ1v) is 18.2. The molecule has 1 aliphatic rings. The van der Waals surface area contributed by atoms with E-state index in [1.54, 1.807) is 49.7 Å². The van der Waals surface area contributed by atoms with E-state index in [4.69, 9.17) is 14.2 Å². The van der Waals surface area contributed by atoms with Gasteiger partial charge in [0.2, 0.25) is 5.75 Å². The number of hydrogen-bond donors (Lipinski definition) is 6. The monoisotopic (exact) mass is 736 g/mol. The number of benzene rings is 4. The van der Waals surface area contributed by atoms with E-state index < -0.39 is 23.9 Å². The minimum absolute atomic E-state index is 0.0174. The van der Waals surface area contributed by atoms with Crippen LogP contribution >= 0.6 is 0 Å². The van der Waals surface area contributed by atoms with Gasteiger partial charge in [0, 0.05) is 32.0 Å². The van der Waals surface area contributed by atoms with Gasteiger partial charge in [-0.3, -0.25) is 4.79 Å². The molecule has 0 aliphatic carbocycles. The third-order valence-corrected chi connectivity index (χ3v) is 10.6. The average molecular weight is 737 g/mol. The van der Waals surface area contributed by atoms with Gasteiger partial charge in [-0.1, -0.05) is 18.2 Å². The molecule has 1 aliphatic heterocycles. The van der Waals surface area contributed by atoms with Crippen LogP contribution in [0.3, 0.4) is 0 Å². The number of nitrogens with zero attached hydrogens (tertiary/aromatic N) is 1. The first kappa shape index (κ1) is 38.2. The van der Waals surface area contributed by atoms with E-state index in [0.29, 0.717) is 55.8 Å². The fourth-order valence-electron chi connectivity index (χ4n) is 7.82. The first-order chi connectivity index (χ1) is 26.1. The van der Waals surface area contributed by atoms with E-state index in [1.165, 1.54) is 20.3 Å². The molecule has 0 fully saturated rings. The highest BCUT2D eigenvalue weighted by molar-refractivity contribution is 5.92. The van der Waals surface area contributed by atoms with Crippen molar-refractivity contribution in [3.63, 3.8) is 0 Å². The molecule has 0 saturated carbocycles. The van der Waals surface area contributed by atoms with Gasteiger partial charge in [0.25, 0.3) is 0 Å². The van der Waals surface area contributed by atoms with Crippen molar-refractivity contribution >= 4 is 28.1 Å². The summed E-state index contributed by atoms with van der Waals surface area (Å²) in [6.45, 7) is 0.474. The summed E-state index contributed by atoms with van der Waals surface area (Å²) < 4.78 is 16.1. The van der Waals surface area contributed by atoms with Crippen LogP contribution in [-0.4, -0.2) is 70.3 Å². The number of aromatic hydroxyl groups is 4. The van der Waals surface area contributed by atoms with E-state index in [-0.39, 0.29) is 47.4 Å². The summed E-state index contributed by atoms with van der Waals surface area (Å²) in [5.41, 5.74) is 4.09. The largest absolute Gasteiger partial charge is 0.508 e. The van der Waals surface area contributed by atoms with Gasteiger partial charge in [0.05, 0.1) is 26.2 Å². The first-order valence-electron chi connectivity index (χ1n) is 18.2. The van der Waals surface area contributed by atoms with Crippen molar-refractivity contribution in [1.29, 1.82) is 0 Å². The number of carbonyl (C=O) groups is 1. The Balaban J connectivity index is 1.47. The maximum atomic E-state index is 15.0. The third-order valence-electron chi connectivity index (χ3n) is 10.6. The highest BCUT2D eigenvalue weighted by atomic mass is 16.5. The summed E-state index contributed by atoms with van der Waals surface area (Å²) in [7, 11) is 4.52. The number of carbonyl (C=O) groups excluding carboxylic acids is 1.